The molecule has 25 heavy (non-hydrogen) atoms. The van der Waals surface area contributed by atoms with Gasteiger partial charge in [-0.1, -0.05) is 30.3 Å². The lowest BCUT2D eigenvalue weighted by Crippen LogP contribution is -2.36. The van der Waals surface area contributed by atoms with Crippen LogP contribution in [0.4, 0.5) is 0 Å². The maximum Gasteiger partial charge on any atom is 0.183 e. The molecular formula is C19H23NO4S. The molecule has 134 valence electrons. The van der Waals surface area contributed by atoms with Crippen LogP contribution in [0.1, 0.15) is 18.4 Å². The Bertz CT molecular complexity index is 820. The van der Waals surface area contributed by atoms with Gasteiger partial charge in [0, 0.05) is 12.5 Å². The quantitative estimate of drug-likeness (QED) is 0.819. The van der Waals surface area contributed by atoms with Crippen molar-refractivity contribution in [1.29, 1.82) is 0 Å². The predicted molar refractivity (Wildman–Crippen MR) is 96.6 cm³/mol. The van der Waals surface area contributed by atoms with E-state index in [1.807, 2.05) is 31.2 Å². The highest BCUT2D eigenvalue weighted by atomic mass is 32.2. The molecule has 0 amide bonds. The van der Waals surface area contributed by atoms with Crippen molar-refractivity contribution in [3.63, 3.8) is 0 Å². The smallest absolute Gasteiger partial charge is 0.183 e. The Kier molecular flexibility index (Phi) is 4.86. The number of rotatable bonds is 7. The first-order chi connectivity index (χ1) is 11.9. The zero-order valence-corrected chi connectivity index (χ0v) is 15.2. The first-order valence-corrected chi connectivity index (χ1v) is 9.79. The molecule has 0 spiro atoms. The summed E-state index contributed by atoms with van der Waals surface area (Å²) in [6, 6.07) is 15.8. The molecule has 0 radical (unpaired) electrons. The molecule has 0 bridgehead atoms. The lowest BCUT2D eigenvalue weighted by molar-refractivity contribution is 0.125. The van der Waals surface area contributed by atoms with Crippen molar-refractivity contribution in [3.8, 4) is 5.75 Å². The second kappa shape index (κ2) is 6.78. The van der Waals surface area contributed by atoms with Crippen LogP contribution in [-0.4, -0.2) is 39.5 Å². The van der Waals surface area contributed by atoms with Crippen LogP contribution in [0, 0.1) is 0 Å². The molecule has 2 aromatic rings. The number of hydrogen-bond donors (Lipinski definition) is 1. The Morgan fingerprint density at radius 3 is 2.28 bits per heavy atom. The number of benzene rings is 2. The van der Waals surface area contributed by atoms with Crippen molar-refractivity contribution in [2.24, 2.45) is 5.73 Å². The van der Waals surface area contributed by atoms with Gasteiger partial charge in [-0.2, -0.15) is 0 Å². The van der Waals surface area contributed by atoms with E-state index < -0.39 is 20.6 Å². The molecule has 5 nitrogen and oxygen atoms in total. The predicted octanol–water partition coefficient (Wildman–Crippen LogP) is 2.37. The van der Waals surface area contributed by atoms with Crippen LogP contribution in [0.25, 0.3) is 0 Å². The highest BCUT2D eigenvalue weighted by Crippen LogP contribution is 2.55. The third-order valence-corrected chi connectivity index (χ3v) is 7.05. The van der Waals surface area contributed by atoms with Gasteiger partial charge in [-0.15, -0.1) is 0 Å². The van der Waals surface area contributed by atoms with Crippen molar-refractivity contribution < 1.29 is 17.9 Å². The Morgan fingerprint density at radius 1 is 1.08 bits per heavy atom. The number of nitrogens with two attached hydrogens (primary N) is 1. The van der Waals surface area contributed by atoms with Crippen molar-refractivity contribution in [2.45, 2.75) is 28.5 Å². The van der Waals surface area contributed by atoms with Crippen LogP contribution < -0.4 is 10.5 Å². The number of sulfone groups is 1. The summed E-state index contributed by atoms with van der Waals surface area (Å²) in [4.78, 5) is 0.294. The van der Waals surface area contributed by atoms with Gasteiger partial charge < -0.3 is 15.2 Å². The van der Waals surface area contributed by atoms with Gasteiger partial charge >= 0.3 is 0 Å². The molecule has 0 aliphatic heterocycles. The SMILES string of the molecule is CCOC[C@@]1(N)[C@H](c2ccc(OC)cc2)[C@@H]1S(=O)(=O)c1ccccc1. The van der Waals surface area contributed by atoms with Gasteiger partial charge in [0.2, 0.25) is 0 Å². The van der Waals surface area contributed by atoms with E-state index in [1.165, 1.54) is 0 Å². The molecule has 0 saturated heterocycles. The molecule has 1 saturated carbocycles. The van der Waals surface area contributed by atoms with E-state index in [2.05, 4.69) is 0 Å². The monoisotopic (exact) mass is 361 g/mol. The van der Waals surface area contributed by atoms with Crippen LogP contribution in [-0.2, 0) is 14.6 Å². The van der Waals surface area contributed by atoms with E-state index in [4.69, 9.17) is 15.2 Å². The van der Waals surface area contributed by atoms with Crippen molar-refractivity contribution in [3.05, 3.63) is 60.2 Å². The molecule has 0 heterocycles. The molecule has 1 aliphatic rings. The summed E-state index contributed by atoms with van der Waals surface area (Å²) in [5.74, 6) is 0.412. The molecule has 6 heteroatoms. The molecule has 0 unspecified atom stereocenters. The minimum absolute atomic E-state index is 0.205. The van der Waals surface area contributed by atoms with Gasteiger partial charge in [-0.05, 0) is 36.8 Å². The Hall–Kier alpha value is -1.89. The molecule has 3 atom stereocenters. The maximum atomic E-state index is 13.1. The van der Waals surface area contributed by atoms with E-state index in [0.717, 1.165) is 11.3 Å². The second-order valence-electron chi connectivity index (χ2n) is 6.28. The van der Waals surface area contributed by atoms with E-state index >= 15 is 0 Å². The van der Waals surface area contributed by atoms with E-state index in [-0.39, 0.29) is 12.5 Å². The fourth-order valence-corrected chi connectivity index (χ4v) is 5.71. The van der Waals surface area contributed by atoms with Crippen molar-refractivity contribution in [2.75, 3.05) is 20.3 Å². The summed E-state index contributed by atoms with van der Waals surface area (Å²) < 4.78 is 36.9. The Labute approximate surface area is 148 Å². The summed E-state index contributed by atoms with van der Waals surface area (Å²) >= 11 is 0. The summed E-state index contributed by atoms with van der Waals surface area (Å²) in [7, 11) is -1.96. The van der Waals surface area contributed by atoms with Crippen LogP contribution in [0.3, 0.4) is 0 Å². The minimum atomic E-state index is -3.55. The second-order valence-corrected chi connectivity index (χ2v) is 8.35. The van der Waals surface area contributed by atoms with Gasteiger partial charge in [-0.25, -0.2) is 8.42 Å². The normalized spacial score (nSPS) is 25.6. The van der Waals surface area contributed by atoms with Gasteiger partial charge in [-0.3, -0.25) is 0 Å². The van der Waals surface area contributed by atoms with E-state index in [1.54, 1.807) is 37.4 Å². The Balaban J connectivity index is 1.97. The third kappa shape index (κ3) is 3.17. The molecule has 1 aliphatic carbocycles. The standard InChI is InChI=1S/C19H23NO4S/c1-3-24-13-19(20)17(14-9-11-15(23-2)12-10-14)18(19)25(21,22)16-7-5-4-6-8-16/h4-12,17-18H,3,13,20H2,1-2H3/t17-,18+,19-/m1/s1. The largest absolute Gasteiger partial charge is 0.497 e. The van der Waals surface area contributed by atoms with Crippen LogP contribution in [0.5, 0.6) is 5.75 Å². The van der Waals surface area contributed by atoms with Gasteiger partial charge in [0.15, 0.2) is 9.84 Å². The summed E-state index contributed by atoms with van der Waals surface area (Å²) in [5.41, 5.74) is 6.46. The van der Waals surface area contributed by atoms with Crippen LogP contribution in [0.2, 0.25) is 0 Å². The summed E-state index contributed by atoms with van der Waals surface area (Å²) in [6.45, 7) is 2.57. The van der Waals surface area contributed by atoms with Crippen molar-refractivity contribution in [1.82, 2.24) is 0 Å². The number of ether oxygens (including phenoxy) is 2. The van der Waals surface area contributed by atoms with Crippen LogP contribution in [0.15, 0.2) is 59.5 Å². The first kappa shape index (κ1) is 17.9. The fourth-order valence-electron chi connectivity index (χ4n) is 3.39. The molecular weight excluding hydrogens is 338 g/mol. The van der Waals surface area contributed by atoms with E-state index in [9.17, 15) is 8.42 Å². The Morgan fingerprint density at radius 2 is 1.72 bits per heavy atom. The zero-order valence-electron chi connectivity index (χ0n) is 14.4. The third-order valence-electron chi connectivity index (χ3n) is 4.74. The lowest BCUT2D eigenvalue weighted by atomic mass is 10.1. The van der Waals surface area contributed by atoms with Gasteiger partial charge in [0.1, 0.15) is 5.75 Å². The first-order valence-electron chi connectivity index (χ1n) is 8.24. The average Bonchev–Trinajstić information content (AvgIpc) is 3.27. The highest BCUT2D eigenvalue weighted by Gasteiger charge is 2.69. The summed E-state index contributed by atoms with van der Waals surface area (Å²) in [6.07, 6.45) is 0. The molecule has 2 aromatic carbocycles. The molecule has 0 aromatic heterocycles. The fraction of sp³-hybridized carbons (Fsp3) is 0.368. The number of methoxy groups -OCH3 is 1. The van der Waals surface area contributed by atoms with Crippen LogP contribution >= 0.6 is 0 Å². The summed E-state index contributed by atoms with van der Waals surface area (Å²) in [5, 5.41) is -0.706. The minimum Gasteiger partial charge on any atom is -0.497 e. The van der Waals surface area contributed by atoms with Gasteiger partial charge in [0.05, 0.1) is 29.4 Å². The highest BCUT2D eigenvalue weighted by molar-refractivity contribution is 7.92. The molecule has 3 rings (SSSR count). The average molecular weight is 361 g/mol. The van der Waals surface area contributed by atoms with Crippen molar-refractivity contribution >= 4 is 9.84 Å². The lowest BCUT2D eigenvalue weighted by Gasteiger charge is -2.12. The van der Waals surface area contributed by atoms with E-state index in [0.29, 0.717) is 11.5 Å². The van der Waals surface area contributed by atoms with Gasteiger partial charge in [0.25, 0.3) is 0 Å². The molecule has 2 N–H and O–H groups in total. The maximum absolute atomic E-state index is 13.1. The molecule has 1 fully saturated rings. The topological polar surface area (TPSA) is 78.6 Å². The number of hydrogen-bond acceptors (Lipinski definition) is 5. The zero-order chi connectivity index (χ0) is 18.1.